The Bertz CT molecular complexity index is 527. The van der Waals surface area contributed by atoms with E-state index < -0.39 is 0 Å². The Hall–Kier alpha value is -1.30. The van der Waals surface area contributed by atoms with Crippen LogP contribution in [0.3, 0.4) is 0 Å². The minimum atomic E-state index is -0.227. The van der Waals surface area contributed by atoms with Gasteiger partial charge in [0.25, 0.3) is 5.56 Å². The van der Waals surface area contributed by atoms with E-state index in [1.165, 1.54) is 0 Å². The predicted molar refractivity (Wildman–Crippen MR) is 53.4 cm³/mol. The van der Waals surface area contributed by atoms with Gasteiger partial charge in [-0.05, 0) is 15.9 Å². The molecule has 0 spiro atoms. The Labute approximate surface area is 81.7 Å². The van der Waals surface area contributed by atoms with Crippen LogP contribution in [0.5, 0.6) is 0 Å². The van der Waals surface area contributed by atoms with Crippen LogP contribution in [0.1, 0.15) is 0 Å². The van der Waals surface area contributed by atoms with Gasteiger partial charge in [-0.1, -0.05) is 0 Å². The molecule has 2 rings (SSSR count). The largest absolute Gasteiger partial charge is 0.369 e. The van der Waals surface area contributed by atoms with Gasteiger partial charge in [-0.25, -0.2) is 0 Å². The summed E-state index contributed by atoms with van der Waals surface area (Å²) in [6, 6.07) is 0. The maximum absolute atomic E-state index is 11.4. The summed E-state index contributed by atoms with van der Waals surface area (Å²) in [4.78, 5) is 17.9. The number of aromatic amines is 1. The second kappa shape index (κ2) is 2.59. The fourth-order valence-corrected chi connectivity index (χ4v) is 1.91. The summed E-state index contributed by atoms with van der Waals surface area (Å²) in [5.41, 5.74) is 5.76. The first kappa shape index (κ1) is 8.31. The molecule has 13 heavy (non-hydrogen) atoms. The van der Waals surface area contributed by atoms with Gasteiger partial charge in [0.15, 0.2) is 0 Å². The van der Waals surface area contributed by atoms with Gasteiger partial charge in [-0.15, -0.1) is 0 Å². The van der Waals surface area contributed by atoms with Crippen molar-refractivity contribution < 1.29 is 0 Å². The number of aromatic nitrogens is 3. The van der Waals surface area contributed by atoms with E-state index in [2.05, 4.69) is 25.9 Å². The lowest BCUT2D eigenvalue weighted by Crippen LogP contribution is -2.11. The topological polar surface area (TPSA) is 76.7 Å². The molecule has 6 heteroatoms. The molecule has 5 nitrogen and oxygen atoms in total. The first-order valence-electron chi connectivity index (χ1n) is 3.60. The number of nitrogens with one attached hydrogen (secondary N) is 1. The van der Waals surface area contributed by atoms with E-state index in [1.807, 2.05) is 0 Å². The van der Waals surface area contributed by atoms with Crippen molar-refractivity contribution in [3.8, 4) is 0 Å². The molecule has 0 bridgehead atoms. The van der Waals surface area contributed by atoms with Crippen molar-refractivity contribution in [1.82, 2.24) is 14.5 Å². The molecule has 3 N–H and O–H groups in total. The Kier molecular flexibility index (Phi) is 1.66. The number of hydrogen-bond acceptors (Lipinski definition) is 3. The van der Waals surface area contributed by atoms with E-state index >= 15 is 0 Å². The number of hydrogen-bond donors (Lipinski definition) is 2. The van der Waals surface area contributed by atoms with E-state index in [4.69, 9.17) is 5.73 Å². The molecule has 2 aromatic rings. The van der Waals surface area contributed by atoms with Crippen molar-refractivity contribution in [2.75, 3.05) is 5.73 Å². The smallest absolute Gasteiger partial charge is 0.262 e. The average Bonchev–Trinajstić information content (AvgIpc) is 2.27. The summed E-state index contributed by atoms with van der Waals surface area (Å²) in [7, 11) is 1.80. The number of nitrogens with two attached hydrogens (primary N) is 1. The highest BCUT2D eigenvalue weighted by molar-refractivity contribution is 9.10. The molecule has 2 aromatic heterocycles. The van der Waals surface area contributed by atoms with Gasteiger partial charge in [0.2, 0.25) is 5.95 Å². The molecule has 0 saturated carbocycles. The third kappa shape index (κ3) is 1.14. The highest BCUT2D eigenvalue weighted by Gasteiger charge is 2.09. The molecular weight excluding hydrogens is 236 g/mol. The van der Waals surface area contributed by atoms with Crippen LogP contribution in [-0.2, 0) is 7.05 Å². The zero-order valence-corrected chi connectivity index (χ0v) is 8.42. The lowest BCUT2D eigenvalue weighted by molar-refractivity contribution is 0.942. The predicted octanol–water partition coefficient (Wildman–Crippen LogP) is 0.606. The fraction of sp³-hybridized carbons (Fsp3) is 0.143. The molecular formula is C7H7BrN4O. The van der Waals surface area contributed by atoms with Crippen LogP contribution < -0.4 is 11.3 Å². The van der Waals surface area contributed by atoms with E-state index in [-0.39, 0.29) is 11.5 Å². The van der Waals surface area contributed by atoms with Crippen LogP contribution in [0.4, 0.5) is 5.95 Å². The Morgan fingerprint density at radius 1 is 1.69 bits per heavy atom. The van der Waals surface area contributed by atoms with Crippen LogP contribution in [-0.4, -0.2) is 14.5 Å². The molecule has 68 valence electrons. The molecule has 0 aliphatic rings. The van der Waals surface area contributed by atoms with E-state index in [0.29, 0.717) is 11.0 Å². The van der Waals surface area contributed by atoms with E-state index in [1.54, 1.807) is 17.8 Å². The van der Waals surface area contributed by atoms with Crippen LogP contribution in [0, 0.1) is 0 Å². The SMILES string of the molecule is Cn1cc(Br)c2c(=O)[nH]c(N)nc21. The van der Waals surface area contributed by atoms with Crippen LogP contribution >= 0.6 is 15.9 Å². The standard InChI is InChI=1S/C7H7BrN4O/c1-12-2-3(8)4-5(12)10-7(9)11-6(4)13/h2H,1H3,(H3,9,10,11,13). The highest BCUT2D eigenvalue weighted by atomic mass is 79.9. The van der Waals surface area contributed by atoms with Crippen LogP contribution in [0.2, 0.25) is 0 Å². The Morgan fingerprint density at radius 2 is 2.38 bits per heavy atom. The monoisotopic (exact) mass is 242 g/mol. The summed E-state index contributed by atoms with van der Waals surface area (Å²) in [5, 5.41) is 0.525. The van der Waals surface area contributed by atoms with Gasteiger partial charge >= 0.3 is 0 Å². The molecule has 0 fully saturated rings. The number of rotatable bonds is 0. The summed E-state index contributed by atoms with van der Waals surface area (Å²) >= 11 is 3.27. The third-order valence-corrected chi connectivity index (χ3v) is 2.40. The zero-order chi connectivity index (χ0) is 9.59. The number of nitrogens with zero attached hydrogens (tertiary/aromatic N) is 2. The average molecular weight is 243 g/mol. The van der Waals surface area contributed by atoms with Crippen molar-refractivity contribution in [3.05, 3.63) is 21.0 Å². The quantitative estimate of drug-likeness (QED) is 0.711. The maximum atomic E-state index is 11.4. The molecule has 0 radical (unpaired) electrons. The van der Waals surface area contributed by atoms with Gasteiger partial charge in [-0.3, -0.25) is 9.78 Å². The van der Waals surface area contributed by atoms with E-state index in [9.17, 15) is 4.79 Å². The van der Waals surface area contributed by atoms with Crippen molar-refractivity contribution >= 4 is 32.9 Å². The molecule has 0 amide bonds. The molecule has 0 unspecified atom stereocenters. The number of aryl methyl sites for hydroxylation is 1. The summed E-state index contributed by atoms with van der Waals surface area (Å²) in [6.07, 6.45) is 1.77. The maximum Gasteiger partial charge on any atom is 0.262 e. The van der Waals surface area contributed by atoms with Gasteiger partial charge < -0.3 is 10.3 Å². The highest BCUT2D eigenvalue weighted by Crippen LogP contribution is 2.20. The summed E-state index contributed by atoms with van der Waals surface area (Å²) in [6.45, 7) is 0. The molecule has 0 aromatic carbocycles. The molecule has 2 heterocycles. The lowest BCUT2D eigenvalue weighted by atomic mass is 10.4. The minimum absolute atomic E-state index is 0.131. The number of anilines is 1. The molecule has 0 atom stereocenters. The van der Waals surface area contributed by atoms with Crippen molar-refractivity contribution in [1.29, 1.82) is 0 Å². The van der Waals surface area contributed by atoms with Crippen molar-refractivity contribution in [2.24, 2.45) is 7.05 Å². The molecule has 0 aliphatic carbocycles. The van der Waals surface area contributed by atoms with Gasteiger partial charge in [0.1, 0.15) is 5.65 Å². The summed E-state index contributed by atoms with van der Waals surface area (Å²) < 4.78 is 2.46. The Morgan fingerprint density at radius 3 is 3.08 bits per heavy atom. The summed E-state index contributed by atoms with van der Waals surface area (Å²) in [5.74, 6) is 0.131. The van der Waals surface area contributed by atoms with Crippen molar-refractivity contribution in [2.45, 2.75) is 0 Å². The number of fused-ring (bicyclic) bond motifs is 1. The van der Waals surface area contributed by atoms with Crippen LogP contribution in [0.15, 0.2) is 15.5 Å². The lowest BCUT2D eigenvalue weighted by Gasteiger charge is -1.95. The van der Waals surface area contributed by atoms with Crippen LogP contribution in [0.25, 0.3) is 11.0 Å². The number of H-pyrrole nitrogens is 1. The van der Waals surface area contributed by atoms with Gasteiger partial charge in [0.05, 0.1) is 9.86 Å². The van der Waals surface area contributed by atoms with E-state index in [0.717, 1.165) is 4.47 Å². The first-order chi connectivity index (χ1) is 6.09. The second-order valence-corrected chi connectivity index (χ2v) is 3.59. The zero-order valence-electron chi connectivity index (χ0n) is 6.84. The van der Waals surface area contributed by atoms with Gasteiger partial charge in [0, 0.05) is 13.2 Å². The van der Waals surface area contributed by atoms with Gasteiger partial charge in [-0.2, -0.15) is 4.98 Å². The third-order valence-electron chi connectivity index (χ3n) is 1.80. The van der Waals surface area contributed by atoms with Crippen molar-refractivity contribution in [3.63, 3.8) is 0 Å². The second-order valence-electron chi connectivity index (χ2n) is 2.74. The number of nitrogen functional groups attached to an aromatic ring is 1. The Balaban J connectivity index is 3.06. The molecule has 0 saturated heterocycles. The molecule has 0 aliphatic heterocycles. The number of halogens is 1. The minimum Gasteiger partial charge on any atom is -0.369 e. The first-order valence-corrected chi connectivity index (χ1v) is 4.39. The normalized spacial score (nSPS) is 10.9. The fourth-order valence-electron chi connectivity index (χ4n) is 1.24.